The van der Waals surface area contributed by atoms with Gasteiger partial charge in [0, 0.05) is 25.1 Å². The van der Waals surface area contributed by atoms with Crippen molar-refractivity contribution in [2.24, 2.45) is 5.41 Å². The molecule has 1 atom stereocenters. The summed E-state index contributed by atoms with van der Waals surface area (Å²) in [7, 11) is 0. The maximum Gasteiger partial charge on any atom is 0.234 e. The molecule has 1 saturated heterocycles. The van der Waals surface area contributed by atoms with E-state index in [9.17, 15) is 9.90 Å². The van der Waals surface area contributed by atoms with Crippen LogP contribution < -0.4 is 5.32 Å². The van der Waals surface area contributed by atoms with E-state index in [4.69, 9.17) is 0 Å². The van der Waals surface area contributed by atoms with E-state index in [-0.39, 0.29) is 17.9 Å². The van der Waals surface area contributed by atoms with Crippen LogP contribution in [0.5, 0.6) is 0 Å². The van der Waals surface area contributed by atoms with Crippen molar-refractivity contribution in [1.82, 2.24) is 10.2 Å². The molecule has 0 aromatic carbocycles. The minimum Gasteiger partial charge on any atom is -0.396 e. The van der Waals surface area contributed by atoms with E-state index in [2.05, 4.69) is 17.1 Å². The molecule has 1 rings (SSSR count). The molecular weight excluding hydrogens is 204 g/mol. The van der Waals surface area contributed by atoms with Gasteiger partial charge in [-0.3, -0.25) is 9.69 Å². The van der Waals surface area contributed by atoms with Crippen LogP contribution in [0.3, 0.4) is 0 Å². The largest absolute Gasteiger partial charge is 0.396 e. The van der Waals surface area contributed by atoms with Crippen molar-refractivity contribution in [2.45, 2.75) is 33.1 Å². The van der Waals surface area contributed by atoms with Gasteiger partial charge in [-0.25, -0.2) is 0 Å². The average Bonchev–Trinajstić information content (AvgIpc) is 2.26. The topological polar surface area (TPSA) is 52.6 Å². The van der Waals surface area contributed by atoms with Crippen LogP contribution in [-0.4, -0.2) is 48.7 Å². The van der Waals surface area contributed by atoms with Crippen LogP contribution in [0.15, 0.2) is 0 Å². The Balaban J connectivity index is 2.34. The molecule has 0 aromatic rings. The highest BCUT2D eigenvalue weighted by molar-refractivity contribution is 5.77. The Hall–Kier alpha value is -0.610. The lowest BCUT2D eigenvalue weighted by Gasteiger charge is -2.38. The SMILES string of the molecule is CCCNC(=O)CN1CCCC(C)(CO)C1. The van der Waals surface area contributed by atoms with E-state index in [0.29, 0.717) is 6.54 Å². The number of nitrogens with zero attached hydrogens (tertiary/aromatic N) is 1. The molecule has 1 unspecified atom stereocenters. The minimum absolute atomic E-state index is 0.0245. The third-order valence-corrected chi connectivity index (χ3v) is 3.18. The average molecular weight is 228 g/mol. The van der Waals surface area contributed by atoms with Gasteiger partial charge in [-0.2, -0.15) is 0 Å². The summed E-state index contributed by atoms with van der Waals surface area (Å²) in [4.78, 5) is 13.7. The number of rotatable bonds is 5. The van der Waals surface area contributed by atoms with E-state index in [0.717, 1.165) is 38.9 Å². The highest BCUT2D eigenvalue weighted by Gasteiger charge is 2.30. The molecule has 1 aliphatic rings. The fraction of sp³-hybridized carbons (Fsp3) is 0.917. The number of aliphatic hydroxyl groups excluding tert-OH is 1. The van der Waals surface area contributed by atoms with Gasteiger partial charge in [0.05, 0.1) is 6.54 Å². The summed E-state index contributed by atoms with van der Waals surface area (Å²) >= 11 is 0. The van der Waals surface area contributed by atoms with Crippen LogP contribution in [0.2, 0.25) is 0 Å². The van der Waals surface area contributed by atoms with Crippen molar-refractivity contribution >= 4 is 5.91 Å². The zero-order valence-corrected chi connectivity index (χ0v) is 10.5. The molecule has 1 aliphatic heterocycles. The van der Waals surface area contributed by atoms with Crippen molar-refractivity contribution in [1.29, 1.82) is 0 Å². The van der Waals surface area contributed by atoms with Crippen LogP contribution >= 0.6 is 0 Å². The van der Waals surface area contributed by atoms with Gasteiger partial charge in [-0.15, -0.1) is 0 Å². The smallest absolute Gasteiger partial charge is 0.234 e. The molecule has 94 valence electrons. The number of aliphatic hydroxyl groups is 1. The second kappa shape index (κ2) is 6.21. The van der Waals surface area contributed by atoms with Gasteiger partial charge in [0.2, 0.25) is 5.91 Å². The third kappa shape index (κ3) is 4.10. The number of hydrogen-bond donors (Lipinski definition) is 2. The van der Waals surface area contributed by atoms with Crippen molar-refractivity contribution in [3.63, 3.8) is 0 Å². The maximum absolute atomic E-state index is 11.6. The van der Waals surface area contributed by atoms with Crippen LogP contribution in [0, 0.1) is 5.41 Å². The quantitative estimate of drug-likeness (QED) is 0.725. The van der Waals surface area contributed by atoms with E-state index >= 15 is 0 Å². The number of nitrogens with one attached hydrogen (secondary N) is 1. The minimum atomic E-state index is -0.0245. The maximum atomic E-state index is 11.6. The number of carbonyl (C=O) groups is 1. The van der Waals surface area contributed by atoms with Crippen LogP contribution in [-0.2, 0) is 4.79 Å². The zero-order valence-electron chi connectivity index (χ0n) is 10.5. The normalized spacial score (nSPS) is 26.7. The predicted octanol–water partition coefficient (Wildman–Crippen LogP) is 0.607. The summed E-state index contributed by atoms with van der Waals surface area (Å²) in [6, 6.07) is 0. The molecule has 4 heteroatoms. The number of piperidine rings is 1. The van der Waals surface area contributed by atoms with Gasteiger partial charge in [-0.05, 0) is 25.8 Å². The van der Waals surface area contributed by atoms with E-state index < -0.39 is 0 Å². The highest BCUT2D eigenvalue weighted by Crippen LogP contribution is 2.28. The Labute approximate surface area is 98.0 Å². The second-order valence-corrected chi connectivity index (χ2v) is 5.13. The standard InChI is InChI=1S/C12H24N2O2/c1-3-6-13-11(16)8-14-7-4-5-12(2,9-14)10-15/h15H,3-10H2,1-2H3,(H,13,16). The molecular formula is C12H24N2O2. The monoisotopic (exact) mass is 228 g/mol. The van der Waals surface area contributed by atoms with Gasteiger partial charge in [0.1, 0.15) is 0 Å². The molecule has 1 fully saturated rings. The molecule has 16 heavy (non-hydrogen) atoms. The van der Waals surface area contributed by atoms with Gasteiger partial charge >= 0.3 is 0 Å². The molecule has 0 bridgehead atoms. The van der Waals surface area contributed by atoms with Crippen LogP contribution in [0.4, 0.5) is 0 Å². The summed E-state index contributed by atoms with van der Waals surface area (Å²) < 4.78 is 0. The molecule has 0 aliphatic carbocycles. The van der Waals surface area contributed by atoms with Gasteiger partial charge in [0.15, 0.2) is 0 Å². The Morgan fingerprint density at radius 3 is 2.94 bits per heavy atom. The summed E-state index contributed by atoms with van der Waals surface area (Å²) in [5.41, 5.74) is -0.0245. The lowest BCUT2D eigenvalue weighted by Crippen LogP contribution is -2.47. The lowest BCUT2D eigenvalue weighted by molar-refractivity contribution is -0.123. The van der Waals surface area contributed by atoms with Crippen LogP contribution in [0.25, 0.3) is 0 Å². The Kier molecular flexibility index (Phi) is 5.22. The molecule has 0 aromatic heterocycles. The van der Waals surface area contributed by atoms with Gasteiger partial charge < -0.3 is 10.4 Å². The first-order chi connectivity index (χ1) is 7.59. The predicted molar refractivity (Wildman–Crippen MR) is 64.2 cm³/mol. The molecule has 2 N–H and O–H groups in total. The Bertz CT molecular complexity index is 233. The van der Waals surface area contributed by atoms with E-state index in [1.807, 2.05) is 6.92 Å². The number of hydrogen-bond acceptors (Lipinski definition) is 3. The fourth-order valence-electron chi connectivity index (χ4n) is 2.21. The zero-order chi connectivity index (χ0) is 12.0. The van der Waals surface area contributed by atoms with Crippen molar-refractivity contribution in [2.75, 3.05) is 32.8 Å². The van der Waals surface area contributed by atoms with Crippen LogP contribution in [0.1, 0.15) is 33.1 Å². The van der Waals surface area contributed by atoms with Crippen molar-refractivity contribution in [3.05, 3.63) is 0 Å². The molecule has 0 saturated carbocycles. The first kappa shape index (κ1) is 13.5. The van der Waals surface area contributed by atoms with Gasteiger partial charge in [0.25, 0.3) is 0 Å². The molecule has 1 heterocycles. The highest BCUT2D eigenvalue weighted by atomic mass is 16.3. The molecule has 0 spiro atoms. The lowest BCUT2D eigenvalue weighted by atomic mass is 9.83. The summed E-state index contributed by atoms with van der Waals surface area (Å²) in [5.74, 6) is 0.101. The summed E-state index contributed by atoms with van der Waals surface area (Å²) in [6.07, 6.45) is 3.09. The summed E-state index contributed by atoms with van der Waals surface area (Å²) in [6.45, 7) is 7.35. The van der Waals surface area contributed by atoms with E-state index in [1.54, 1.807) is 0 Å². The molecule has 1 amide bonds. The molecule has 0 radical (unpaired) electrons. The number of carbonyl (C=O) groups excluding carboxylic acids is 1. The van der Waals surface area contributed by atoms with Crippen molar-refractivity contribution < 1.29 is 9.90 Å². The van der Waals surface area contributed by atoms with E-state index in [1.165, 1.54) is 0 Å². The van der Waals surface area contributed by atoms with Gasteiger partial charge in [-0.1, -0.05) is 13.8 Å². The third-order valence-electron chi connectivity index (χ3n) is 3.18. The Morgan fingerprint density at radius 1 is 1.56 bits per heavy atom. The first-order valence-electron chi connectivity index (χ1n) is 6.19. The fourth-order valence-corrected chi connectivity index (χ4v) is 2.21. The second-order valence-electron chi connectivity index (χ2n) is 5.13. The number of amides is 1. The first-order valence-corrected chi connectivity index (χ1v) is 6.19. The Morgan fingerprint density at radius 2 is 2.31 bits per heavy atom. The molecule has 4 nitrogen and oxygen atoms in total. The summed E-state index contributed by atoms with van der Waals surface area (Å²) in [5, 5.41) is 12.2. The van der Waals surface area contributed by atoms with Crippen molar-refractivity contribution in [3.8, 4) is 0 Å². The number of likely N-dealkylation sites (tertiary alicyclic amines) is 1.